The summed E-state index contributed by atoms with van der Waals surface area (Å²) in [5.41, 5.74) is -0.338. The molecule has 5 nitrogen and oxygen atoms in total. The summed E-state index contributed by atoms with van der Waals surface area (Å²) in [5.74, 6) is -1.12. The summed E-state index contributed by atoms with van der Waals surface area (Å²) in [6.45, 7) is 3.32. The molecule has 1 amide bonds. The first kappa shape index (κ1) is 13.6. The Kier molecular flexibility index (Phi) is 3.64. The minimum absolute atomic E-state index is 0.122. The molecule has 0 bridgehead atoms. The molecule has 104 valence electrons. The first-order valence-electron chi connectivity index (χ1n) is 6.60. The molecule has 1 aromatic rings. The summed E-state index contributed by atoms with van der Waals surface area (Å²) >= 11 is 0. The van der Waals surface area contributed by atoms with Gasteiger partial charge in [0.05, 0.1) is 5.41 Å². The van der Waals surface area contributed by atoms with E-state index in [0.29, 0.717) is 11.7 Å². The van der Waals surface area contributed by atoms with Crippen molar-refractivity contribution in [2.45, 2.75) is 39.2 Å². The highest BCUT2D eigenvalue weighted by atomic mass is 16.4. The van der Waals surface area contributed by atoms with E-state index < -0.39 is 11.4 Å². The summed E-state index contributed by atoms with van der Waals surface area (Å²) in [6, 6.07) is 4.06. The van der Waals surface area contributed by atoms with Crippen molar-refractivity contribution in [3.05, 3.63) is 24.0 Å². The van der Waals surface area contributed by atoms with Crippen molar-refractivity contribution < 1.29 is 14.7 Å². The zero-order valence-corrected chi connectivity index (χ0v) is 11.3. The lowest BCUT2D eigenvalue weighted by Crippen LogP contribution is -2.39. The van der Waals surface area contributed by atoms with Crippen LogP contribution in [0.1, 0.15) is 49.6 Å². The third-order valence-electron chi connectivity index (χ3n) is 3.75. The third kappa shape index (κ3) is 2.80. The number of carboxylic acid groups (broad SMARTS) is 1. The van der Waals surface area contributed by atoms with E-state index in [4.69, 9.17) is 5.11 Å². The van der Waals surface area contributed by atoms with Crippen LogP contribution in [0.4, 0.5) is 0 Å². The Morgan fingerprint density at radius 1 is 1.47 bits per heavy atom. The predicted molar refractivity (Wildman–Crippen MR) is 71.1 cm³/mol. The highest BCUT2D eigenvalue weighted by molar-refractivity contribution is 5.93. The van der Waals surface area contributed by atoms with Crippen molar-refractivity contribution in [3.8, 4) is 0 Å². The Bertz CT molecular complexity index is 487. The Morgan fingerprint density at radius 3 is 2.68 bits per heavy atom. The number of rotatable bonds is 5. The summed E-state index contributed by atoms with van der Waals surface area (Å²) < 4.78 is 1.99. The molecular formula is C14H20N2O3. The highest BCUT2D eigenvalue weighted by Crippen LogP contribution is 2.32. The van der Waals surface area contributed by atoms with E-state index in [9.17, 15) is 9.59 Å². The SMILES string of the molecule is CC(C)(CNC(=O)c1cccn1C1CCC1)C(=O)O. The van der Waals surface area contributed by atoms with Crippen LogP contribution < -0.4 is 5.32 Å². The summed E-state index contributed by atoms with van der Waals surface area (Å²) in [7, 11) is 0. The van der Waals surface area contributed by atoms with E-state index in [2.05, 4.69) is 5.32 Å². The summed E-state index contributed by atoms with van der Waals surface area (Å²) in [5, 5.41) is 11.7. The monoisotopic (exact) mass is 264 g/mol. The van der Waals surface area contributed by atoms with Gasteiger partial charge in [0.1, 0.15) is 5.69 Å². The Hall–Kier alpha value is -1.78. The molecule has 0 aromatic carbocycles. The quantitative estimate of drug-likeness (QED) is 0.855. The van der Waals surface area contributed by atoms with Crippen molar-refractivity contribution in [1.29, 1.82) is 0 Å². The topological polar surface area (TPSA) is 71.3 Å². The van der Waals surface area contributed by atoms with Crippen LogP contribution in [0, 0.1) is 5.41 Å². The number of carboxylic acids is 1. The molecule has 2 rings (SSSR count). The van der Waals surface area contributed by atoms with E-state index in [1.54, 1.807) is 19.9 Å². The molecule has 0 radical (unpaired) electrons. The van der Waals surface area contributed by atoms with Crippen LogP contribution in [-0.4, -0.2) is 28.1 Å². The van der Waals surface area contributed by atoms with Crippen molar-refractivity contribution in [2.75, 3.05) is 6.54 Å². The van der Waals surface area contributed by atoms with Crippen molar-refractivity contribution in [1.82, 2.24) is 9.88 Å². The zero-order valence-electron chi connectivity index (χ0n) is 11.3. The molecule has 1 aliphatic carbocycles. The van der Waals surface area contributed by atoms with Gasteiger partial charge in [-0.15, -0.1) is 0 Å². The van der Waals surface area contributed by atoms with Crippen molar-refractivity contribution >= 4 is 11.9 Å². The number of carbonyl (C=O) groups excluding carboxylic acids is 1. The minimum atomic E-state index is -0.955. The fraction of sp³-hybridized carbons (Fsp3) is 0.571. The molecule has 1 fully saturated rings. The van der Waals surface area contributed by atoms with E-state index in [1.807, 2.05) is 16.8 Å². The van der Waals surface area contributed by atoms with Crippen molar-refractivity contribution in [3.63, 3.8) is 0 Å². The standard InChI is InChI=1S/C14H20N2O3/c1-14(2,13(18)19)9-15-12(17)11-7-4-8-16(11)10-5-3-6-10/h4,7-8,10H,3,5-6,9H2,1-2H3,(H,15,17)(H,18,19). The maximum atomic E-state index is 12.1. The van der Waals surface area contributed by atoms with E-state index in [1.165, 1.54) is 6.42 Å². The molecule has 1 heterocycles. The molecule has 0 spiro atoms. The fourth-order valence-electron chi connectivity index (χ4n) is 2.04. The van der Waals surface area contributed by atoms with Gasteiger partial charge < -0.3 is 15.0 Å². The second-order valence-electron chi connectivity index (χ2n) is 5.76. The normalized spacial score (nSPS) is 15.9. The van der Waals surface area contributed by atoms with Gasteiger partial charge in [-0.1, -0.05) is 0 Å². The number of nitrogens with zero attached hydrogens (tertiary/aromatic N) is 1. The van der Waals surface area contributed by atoms with Crippen LogP contribution in [0.2, 0.25) is 0 Å². The van der Waals surface area contributed by atoms with Gasteiger partial charge in [-0.2, -0.15) is 0 Å². The summed E-state index contributed by atoms with van der Waals surface area (Å²) in [4.78, 5) is 23.1. The highest BCUT2D eigenvalue weighted by Gasteiger charge is 2.29. The van der Waals surface area contributed by atoms with Crippen molar-refractivity contribution in [2.24, 2.45) is 5.41 Å². The van der Waals surface area contributed by atoms with Gasteiger partial charge in [-0.25, -0.2) is 0 Å². The first-order valence-corrected chi connectivity index (χ1v) is 6.60. The molecule has 0 atom stereocenters. The van der Waals surface area contributed by atoms with Crippen LogP contribution >= 0.6 is 0 Å². The molecule has 1 aliphatic rings. The first-order chi connectivity index (χ1) is 8.92. The molecule has 0 saturated heterocycles. The zero-order chi connectivity index (χ0) is 14.0. The van der Waals surface area contributed by atoms with Gasteiger partial charge in [-0.05, 0) is 45.2 Å². The van der Waals surface area contributed by atoms with E-state index >= 15 is 0 Å². The molecule has 0 aliphatic heterocycles. The fourth-order valence-corrected chi connectivity index (χ4v) is 2.04. The second-order valence-corrected chi connectivity index (χ2v) is 5.76. The van der Waals surface area contributed by atoms with Crippen LogP contribution in [0.15, 0.2) is 18.3 Å². The Morgan fingerprint density at radius 2 is 2.16 bits per heavy atom. The lowest BCUT2D eigenvalue weighted by atomic mass is 9.92. The Balaban J connectivity index is 2.00. The predicted octanol–water partition coefficient (Wildman–Crippen LogP) is 2.05. The molecular weight excluding hydrogens is 244 g/mol. The van der Waals surface area contributed by atoms with Gasteiger partial charge in [-0.3, -0.25) is 9.59 Å². The van der Waals surface area contributed by atoms with E-state index in [-0.39, 0.29) is 12.5 Å². The number of amides is 1. The number of carbonyl (C=O) groups is 2. The van der Waals surface area contributed by atoms with Gasteiger partial charge in [0.2, 0.25) is 0 Å². The third-order valence-corrected chi connectivity index (χ3v) is 3.75. The lowest BCUT2D eigenvalue weighted by Gasteiger charge is -2.29. The Labute approximate surface area is 112 Å². The van der Waals surface area contributed by atoms with Crippen LogP contribution in [0.5, 0.6) is 0 Å². The number of aliphatic carboxylic acids is 1. The smallest absolute Gasteiger partial charge is 0.310 e. The summed E-state index contributed by atoms with van der Waals surface area (Å²) in [6.07, 6.45) is 5.34. The maximum absolute atomic E-state index is 12.1. The van der Waals surface area contributed by atoms with E-state index in [0.717, 1.165) is 12.8 Å². The number of hydrogen-bond acceptors (Lipinski definition) is 2. The van der Waals surface area contributed by atoms with Gasteiger partial charge in [0, 0.05) is 18.8 Å². The molecule has 2 N–H and O–H groups in total. The largest absolute Gasteiger partial charge is 0.481 e. The minimum Gasteiger partial charge on any atom is -0.481 e. The van der Waals surface area contributed by atoms with Gasteiger partial charge in [0.15, 0.2) is 0 Å². The molecule has 0 unspecified atom stereocenters. The molecule has 19 heavy (non-hydrogen) atoms. The van der Waals surface area contributed by atoms with Crippen LogP contribution in [0.25, 0.3) is 0 Å². The van der Waals surface area contributed by atoms with Gasteiger partial charge in [0.25, 0.3) is 5.91 Å². The average molecular weight is 264 g/mol. The van der Waals surface area contributed by atoms with Gasteiger partial charge >= 0.3 is 5.97 Å². The number of hydrogen-bond donors (Lipinski definition) is 2. The molecule has 5 heteroatoms. The lowest BCUT2D eigenvalue weighted by molar-refractivity contribution is -0.146. The number of nitrogens with one attached hydrogen (secondary N) is 1. The van der Waals surface area contributed by atoms with Crippen LogP contribution in [0.3, 0.4) is 0 Å². The second kappa shape index (κ2) is 5.07. The molecule has 1 aromatic heterocycles. The average Bonchev–Trinajstić information content (AvgIpc) is 2.72. The molecule has 1 saturated carbocycles. The van der Waals surface area contributed by atoms with Crippen LogP contribution in [-0.2, 0) is 4.79 Å². The number of aromatic nitrogens is 1. The maximum Gasteiger partial charge on any atom is 0.310 e.